The molecule has 3 atom stereocenters. The van der Waals surface area contributed by atoms with E-state index in [0.717, 1.165) is 24.3 Å². The molecular formula is C16H25NS. The maximum absolute atomic E-state index is 3.84. The Bertz CT molecular complexity index is 386. The molecule has 1 aromatic rings. The van der Waals surface area contributed by atoms with Crippen LogP contribution in [-0.4, -0.2) is 6.54 Å². The third-order valence-electron chi connectivity index (χ3n) is 4.96. The van der Waals surface area contributed by atoms with Crippen molar-refractivity contribution < 1.29 is 0 Å². The zero-order valence-corrected chi connectivity index (χ0v) is 12.4. The molecule has 2 heteroatoms. The minimum absolute atomic E-state index is 0.643. The largest absolute Gasteiger partial charge is 0.310 e. The minimum Gasteiger partial charge on any atom is -0.310 e. The molecule has 2 fully saturated rings. The van der Waals surface area contributed by atoms with Gasteiger partial charge in [0.1, 0.15) is 0 Å². The number of thiophene rings is 1. The van der Waals surface area contributed by atoms with Crippen LogP contribution >= 0.6 is 11.3 Å². The summed E-state index contributed by atoms with van der Waals surface area (Å²) < 4.78 is 0. The van der Waals surface area contributed by atoms with E-state index in [2.05, 4.69) is 30.6 Å². The van der Waals surface area contributed by atoms with Crippen LogP contribution in [-0.2, 0) is 0 Å². The van der Waals surface area contributed by atoms with Crippen LogP contribution in [0.15, 0.2) is 11.4 Å². The first-order valence-electron chi connectivity index (χ1n) is 7.60. The van der Waals surface area contributed by atoms with Crippen molar-refractivity contribution in [3.63, 3.8) is 0 Å². The van der Waals surface area contributed by atoms with E-state index in [1.165, 1.54) is 37.0 Å². The monoisotopic (exact) mass is 263 g/mol. The number of rotatable bonds is 5. The molecule has 2 aliphatic rings. The first-order chi connectivity index (χ1) is 8.83. The smallest absolute Gasteiger partial charge is 0.0365 e. The van der Waals surface area contributed by atoms with Gasteiger partial charge >= 0.3 is 0 Å². The highest BCUT2D eigenvalue weighted by Gasteiger charge is 2.54. The standard InChI is InChI=1S/C16H25NS/c1-3-9-17-16(12-8-10-18-11(12)2)15-13-6-4-5-7-14(13)15/h8,10,13-17H,3-7,9H2,1-2H3. The van der Waals surface area contributed by atoms with E-state index in [0.29, 0.717) is 6.04 Å². The lowest BCUT2D eigenvalue weighted by molar-refractivity contribution is 0.445. The average molecular weight is 263 g/mol. The van der Waals surface area contributed by atoms with Gasteiger partial charge < -0.3 is 5.32 Å². The summed E-state index contributed by atoms with van der Waals surface area (Å²) in [5.74, 6) is 3.01. The highest BCUT2D eigenvalue weighted by molar-refractivity contribution is 7.10. The summed E-state index contributed by atoms with van der Waals surface area (Å²) in [4.78, 5) is 1.52. The normalized spacial score (nSPS) is 32.0. The lowest BCUT2D eigenvalue weighted by atomic mass is 10.0. The van der Waals surface area contributed by atoms with E-state index < -0.39 is 0 Å². The maximum Gasteiger partial charge on any atom is 0.0365 e. The lowest BCUT2D eigenvalue weighted by Gasteiger charge is -2.19. The van der Waals surface area contributed by atoms with Gasteiger partial charge in [-0.2, -0.15) is 0 Å². The van der Waals surface area contributed by atoms with Crippen LogP contribution in [0.1, 0.15) is 55.5 Å². The van der Waals surface area contributed by atoms with Crippen molar-refractivity contribution in [1.82, 2.24) is 5.32 Å². The average Bonchev–Trinajstić information content (AvgIpc) is 2.96. The van der Waals surface area contributed by atoms with Gasteiger partial charge in [0, 0.05) is 10.9 Å². The second-order valence-electron chi connectivity index (χ2n) is 6.05. The van der Waals surface area contributed by atoms with Gasteiger partial charge in [0.25, 0.3) is 0 Å². The van der Waals surface area contributed by atoms with E-state index in [1.54, 1.807) is 5.56 Å². The topological polar surface area (TPSA) is 12.0 Å². The molecule has 0 aromatic carbocycles. The molecule has 3 rings (SSSR count). The zero-order valence-electron chi connectivity index (χ0n) is 11.6. The van der Waals surface area contributed by atoms with Gasteiger partial charge in [-0.15, -0.1) is 11.3 Å². The maximum atomic E-state index is 3.84. The van der Waals surface area contributed by atoms with Crippen LogP contribution in [0.5, 0.6) is 0 Å². The molecule has 1 aromatic heterocycles. The number of nitrogens with one attached hydrogen (secondary N) is 1. The summed E-state index contributed by atoms with van der Waals surface area (Å²) in [7, 11) is 0. The second kappa shape index (κ2) is 5.34. The lowest BCUT2D eigenvalue weighted by Crippen LogP contribution is -2.25. The SMILES string of the molecule is CCCNC(c1ccsc1C)C1C2CCCCC21. The van der Waals surface area contributed by atoms with Crippen molar-refractivity contribution in [3.05, 3.63) is 21.9 Å². The van der Waals surface area contributed by atoms with Crippen LogP contribution in [0.25, 0.3) is 0 Å². The van der Waals surface area contributed by atoms with Crippen LogP contribution < -0.4 is 5.32 Å². The van der Waals surface area contributed by atoms with Gasteiger partial charge in [-0.05, 0) is 67.5 Å². The Balaban J connectivity index is 1.76. The van der Waals surface area contributed by atoms with Crippen LogP contribution in [0, 0.1) is 24.7 Å². The van der Waals surface area contributed by atoms with Gasteiger partial charge in [0.05, 0.1) is 0 Å². The third kappa shape index (κ3) is 2.25. The fourth-order valence-electron chi connectivity index (χ4n) is 4.01. The molecule has 1 heterocycles. The zero-order chi connectivity index (χ0) is 12.5. The third-order valence-corrected chi connectivity index (χ3v) is 5.82. The van der Waals surface area contributed by atoms with Gasteiger partial charge in [-0.25, -0.2) is 0 Å². The molecule has 0 bridgehead atoms. The minimum atomic E-state index is 0.643. The Labute approximate surface area is 115 Å². The molecule has 0 amide bonds. The summed E-state index contributed by atoms with van der Waals surface area (Å²) in [6.07, 6.45) is 7.16. The van der Waals surface area contributed by atoms with Crippen molar-refractivity contribution in [1.29, 1.82) is 0 Å². The van der Waals surface area contributed by atoms with Crippen molar-refractivity contribution in [2.45, 2.75) is 52.0 Å². The quantitative estimate of drug-likeness (QED) is 0.823. The van der Waals surface area contributed by atoms with E-state index in [-0.39, 0.29) is 0 Å². The number of hydrogen-bond donors (Lipinski definition) is 1. The van der Waals surface area contributed by atoms with E-state index >= 15 is 0 Å². The summed E-state index contributed by atoms with van der Waals surface area (Å²) in [5, 5.41) is 6.10. The van der Waals surface area contributed by atoms with Crippen molar-refractivity contribution >= 4 is 11.3 Å². The second-order valence-corrected chi connectivity index (χ2v) is 7.17. The molecule has 0 saturated heterocycles. The first kappa shape index (κ1) is 12.7. The summed E-state index contributed by atoms with van der Waals surface area (Å²) in [6.45, 7) is 5.72. The van der Waals surface area contributed by atoms with Crippen LogP contribution in [0.3, 0.4) is 0 Å². The molecule has 0 spiro atoms. The predicted molar refractivity (Wildman–Crippen MR) is 79.0 cm³/mol. The van der Waals surface area contributed by atoms with Gasteiger partial charge in [0.15, 0.2) is 0 Å². The fourth-order valence-corrected chi connectivity index (χ4v) is 4.76. The van der Waals surface area contributed by atoms with Crippen molar-refractivity contribution in [3.8, 4) is 0 Å². The highest BCUT2D eigenvalue weighted by Crippen LogP contribution is 2.60. The molecule has 0 radical (unpaired) electrons. The Morgan fingerprint density at radius 3 is 2.61 bits per heavy atom. The number of hydrogen-bond acceptors (Lipinski definition) is 2. The first-order valence-corrected chi connectivity index (χ1v) is 8.48. The molecule has 0 aliphatic heterocycles. The van der Waals surface area contributed by atoms with Gasteiger partial charge in [-0.3, -0.25) is 0 Å². The molecule has 2 aliphatic carbocycles. The molecule has 1 N–H and O–H groups in total. The summed E-state index contributed by atoms with van der Waals surface area (Å²) in [5.41, 5.74) is 1.59. The Morgan fingerprint density at radius 2 is 2.06 bits per heavy atom. The van der Waals surface area contributed by atoms with Gasteiger partial charge in [0.2, 0.25) is 0 Å². The summed E-state index contributed by atoms with van der Waals surface area (Å²) >= 11 is 1.90. The fraction of sp³-hybridized carbons (Fsp3) is 0.750. The molecule has 18 heavy (non-hydrogen) atoms. The van der Waals surface area contributed by atoms with E-state index in [9.17, 15) is 0 Å². The van der Waals surface area contributed by atoms with E-state index in [4.69, 9.17) is 0 Å². The Morgan fingerprint density at radius 1 is 1.33 bits per heavy atom. The van der Waals surface area contributed by atoms with Gasteiger partial charge in [-0.1, -0.05) is 19.8 Å². The number of aryl methyl sites for hydroxylation is 1. The van der Waals surface area contributed by atoms with Crippen molar-refractivity contribution in [2.24, 2.45) is 17.8 Å². The Hall–Kier alpha value is -0.340. The highest BCUT2D eigenvalue weighted by atomic mass is 32.1. The predicted octanol–water partition coefficient (Wildman–Crippen LogP) is 4.53. The summed E-state index contributed by atoms with van der Waals surface area (Å²) in [6, 6.07) is 3.00. The number of fused-ring (bicyclic) bond motifs is 1. The van der Waals surface area contributed by atoms with E-state index in [1.807, 2.05) is 11.3 Å². The molecule has 2 saturated carbocycles. The van der Waals surface area contributed by atoms with Crippen molar-refractivity contribution in [2.75, 3.05) is 6.54 Å². The molecule has 3 unspecified atom stereocenters. The van der Waals surface area contributed by atoms with Crippen LogP contribution in [0.2, 0.25) is 0 Å². The molecule has 100 valence electrons. The Kier molecular flexibility index (Phi) is 3.76. The molecular weight excluding hydrogens is 238 g/mol. The molecule has 1 nitrogen and oxygen atoms in total. The van der Waals surface area contributed by atoms with Crippen LogP contribution in [0.4, 0.5) is 0 Å².